The molecule has 3 aliphatic rings. The lowest BCUT2D eigenvalue weighted by atomic mass is 10.1. The van der Waals surface area contributed by atoms with Crippen molar-refractivity contribution in [3.8, 4) is 6.07 Å². The van der Waals surface area contributed by atoms with E-state index in [0.717, 1.165) is 4.90 Å². The molecule has 2 unspecified atom stereocenters. The summed E-state index contributed by atoms with van der Waals surface area (Å²) in [5, 5.41) is 14.3. The number of hydrogen-bond donors (Lipinski definition) is 0. The summed E-state index contributed by atoms with van der Waals surface area (Å²) in [5.74, 6) is -0.177. The molecule has 4 amide bonds. The minimum absolute atomic E-state index is 0.192. The summed E-state index contributed by atoms with van der Waals surface area (Å²) in [4.78, 5) is 48.3. The Morgan fingerprint density at radius 3 is 2.75 bits per heavy atom. The first kappa shape index (κ1) is 18.5. The lowest BCUT2D eigenvalue weighted by molar-refractivity contribution is -0.121. The van der Waals surface area contributed by atoms with E-state index in [1.165, 1.54) is 6.20 Å². The summed E-state index contributed by atoms with van der Waals surface area (Å²) in [6.07, 6.45) is 1.94. The van der Waals surface area contributed by atoms with Gasteiger partial charge in [0.25, 0.3) is 11.8 Å². The predicted octanol–water partition coefficient (Wildman–Crippen LogP) is 1.84. The molecule has 3 fully saturated rings. The Morgan fingerprint density at radius 1 is 1.25 bits per heavy atom. The number of aryl methyl sites for hydroxylation is 1. The Balaban J connectivity index is 1.38. The van der Waals surface area contributed by atoms with Gasteiger partial charge in [-0.25, -0.2) is 14.7 Å². The standard InChI is InChI=1S/C22H16N6O4/c1-11-6-15(25-32-11)20(29)26-10-12-7-17(26)19-21(30)28(22(31)27(12)19)18-9-24-16(8-23)13-4-2-3-5-14(13)18/h2-6,9,12,17,19H,7,10H2,1H3/t12-,17?,19?/m1/s1. The van der Waals surface area contributed by atoms with Crippen LogP contribution in [0.4, 0.5) is 10.5 Å². The summed E-state index contributed by atoms with van der Waals surface area (Å²) in [5.41, 5.74) is 0.759. The zero-order valence-electron chi connectivity index (χ0n) is 16.9. The fourth-order valence-corrected chi connectivity index (χ4v) is 5.17. The van der Waals surface area contributed by atoms with Gasteiger partial charge >= 0.3 is 6.03 Å². The molecule has 158 valence electrons. The van der Waals surface area contributed by atoms with E-state index in [-0.39, 0.29) is 23.3 Å². The van der Waals surface area contributed by atoms with E-state index >= 15 is 0 Å². The maximum Gasteiger partial charge on any atom is 0.332 e. The SMILES string of the molecule is Cc1cc(C(=O)N2C[C@H]3CC2C2C(=O)N(c4cnc(C#N)c5ccccc45)C(=O)N23)no1. The zero-order valence-corrected chi connectivity index (χ0v) is 16.9. The summed E-state index contributed by atoms with van der Waals surface area (Å²) < 4.78 is 5.02. The molecule has 3 aromatic rings. The molecule has 0 radical (unpaired) electrons. The van der Waals surface area contributed by atoms with Crippen molar-refractivity contribution in [1.29, 1.82) is 5.26 Å². The Morgan fingerprint density at radius 2 is 2.03 bits per heavy atom. The molecule has 1 aromatic carbocycles. The number of hydrogen-bond acceptors (Lipinski definition) is 7. The molecule has 3 saturated heterocycles. The van der Waals surface area contributed by atoms with Gasteiger partial charge in [-0.05, 0) is 13.3 Å². The topological polar surface area (TPSA) is 124 Å². The summed E-state index contributed by atoms with van der Waals surface area (Å²) in [6.45, 7) is 2.04. The molecule has 32 heavy (non-hydrogen) atoms. The van der Waals surface area contributed by atoms with Crippen molar-refractivity contribution in [1.82, 2.24) is 19.9 Å². The molecular weight excluding hydrogens is 412 g/mol. The second kappa shape index (κ2) is 6.37. The molecule has 2 bridgehead atoms. The Labute approximate surface area is 181 Å². The van der Waals surface area contributed by atoms with Gasteiger partial charge in [0, 0.05) is 23.4 Å². The van der Waals surface area contributed by atoms with Gasteiger partial charge in [-0.15, -0.1) is 0 Å². The van der Waals surface area contributed by atoms with Crippen molar-refractivity contribution < 1.29 is 18.9 Å². The van der Waals surface area contributed by atoms with Crippen molar-refractivity contribution in [2.75, 3.05) is 11.4 Å². The van der Waals surface area contributed by atoms with Crippen LogP contribution in [0.5, 0.6) is 0 Å². The summed E-state index contributed by atoms with van der Waals surface area (Å²) >= 11 is 0. The van der Waals surface area contributed by atoms with Gasteiger partial charge in [0.05, 0.1) is 24.0 Å². The number of benzene rings is 1. The van der Waals surface area contributed by atoms with Crippen molar-refractivity contribution in [3.63, 3.8) is 0 Å². The van der Waals surface area contributed by atoms with E-state index < -0.39 is 24.0 Å². The van der Waals surface area contributed by atoms with Crippen molar-refractivity contribution >= 4 is 34.3 Å². The third-order valence-corrected chi connectivity index (χ3v) is 6.49. The number of urea groups is 1. The number of rotatable bonds is 2. The van der Waals surface area contributed by atoms with Crippen LogP contribution >= 0.6 is 0 Å². The average Bonchev–Trinajstić information content (AvgIpc) is 3.56. The average molecular weight is 428 g/mol. The van der Waals surface area contributed by atoms with Crippen molar-refractivity contribution in [2.24, 2.45) is 0 Å². The molecule has 0 N–H and O–H groups in total. The summed E-state index contributed by atoms with van der Waals surface area (Å²) in [6, 6.07) is 8.80. The highest BCUT2D eigenvalue weighted by Gasteiger charge is 2.63. The number of imide groups is 1. The lowest BCUT2D eigenvalue weighted by Crippen LogP contribution is -2.54. The number of pyridine rings is 1. The maximum atomic E-state index is 13.5. The van der Waals surface area contributed by atoms with Crippen LogP contribution in [-0.4, -0.2) is 62.5 Å². The number of fused-ring (bicyclic) bond motifs is 6. The number of carbonyl (C=O) groups excluding carboxylic acids is 3. The van der Waals surface area contributed by atoms with E-state index in [9.17, 15) is 19.6 Å². The smallest absolute Gasteiger partial charge is 0.332 e. The van der Waals surface area contributed by atoms with Crippen LogP contribution in [0.3, 0.4) is 0 Å². The number of amides is 4. The largest absolute Gasteiger partial charge is 0.361 e. The third-order valence-electron chi connectivity index (χ3n) is 6.49. The molecule has 0 spiro atoms. The number of piperazine rings is 1. The van der Waals surface area contributed by atoms with Gasteiger partial charge in [0.15, 0.2) is 5.69 Å². The molecule has 3 aliphatic heterocycles. The van der Waals surface area contributed by atoms with E-state index in [1.807, 2.05) is 6.07 Å². The van der Waals surface area contributed by atoms with Crippen molar-refractivity contribution in [2.45, 2.75) is 31.5 Å². The molecule has 5 heterocycles. The van der Waals surface area contributed by atoms with Crippen molar-refractivity contribution in [3.05, 3.63) is 53.7 Å². The van der Waals surface area contributed by atoms with Crippen LogP contribution in [0.15, 0.2) is 41.1 Å². The van der Waals surface area contributed by atoms with Crippen LogP contribution in [0.2, 0.25) is 0 Å². The van der Waals surface area contributed by atoms with E-state index in [2.05, 4.69) is 10.1 Å². The number of nitriles is 1. The Bertz CT molecular complexity index is 1370. The molecule has 10 heteroatoms. The van der Waals surface area contributed by atoms with Crippen LogP contribution in [-0.2, 0) is 4.79 Å². The predicted molar refractivity (Wildman–Crippen MR) is 109 cm³/mol. The highest BCUT2D eigenvalue weighted by atomic mass is 16.5. The Kier molecular flexibility index (Phi) is 3.68. The minimum atomic E-state index is -0.757. The van der Waals surface area contributed by atoms with Gasteiger partial charge in [0.2, 0.25) is 0 Å². The number of likely N-dealkylation sites (tertiary alicyclic amines) is 1. The van der Waals surface area contributed by atoms with E-state index in [1.54, 1.807) is 47.1 Å². The first-order valence-corrected chi connectivity index (χ1v) is 10.2. The fraction of sp³-hybridized carbons (Fsp3) is 0.273. The molecule has 6 rings (SSSR count). The quantitative estimate of drug-likeness (QED) is 0.571. The first-order valence-electron chi connectivity index (χ1n) is 10.2. The third kappa shape index (κ3) is 2.30. The molecule has 3 atom stereocenters. The minimum Gasteiger partial charge on any atom is -0.361 e. The van der Waals surface area contributed by atoms with E-state index in [0.29, 0.717) is 35.2 Å². The Hall–Kier alpha value is -4.26. The second-order valence-electron chi connectivity index (χ2n) is 8.19. The monoisotopic (exact) mass is 428 g/mol. The molecule has 10 nitrogen and oxygen atoms in total. The van der Waals surface area contributed by atoms with Gasteiger partial charge in [-0.3, -0.25) is 9.59 Å². The van der Waals surface area contributed by atoms with Gasteiger partial charge < -0.3 is 14.3 Å². The molecular formula is C22H16N6O4. The second-order valence-corrected chi connectivity index (χ2v) is 8.19. The number of aromatic nitrogens is 2. The van der Waals surface area contributed by atoms with Crippen LogP contribution in [0.1, 0.15) is 28.4 Å². The fourth-order valence-electron chi connectivity index (χ4n) is 5.17. The highest BCUT2D eigenvalue weighted by Crippen LogP contribution is 2.43. The first-order chi connectivity index (χ1) is 15.5. The number of nitrogens with zero attached hydrogens (tertiary/aromatic N) is 6. The van der Waals surface area contributed by atoms with Crippen LogP contribution in [0.25, 0.3) is 10.8 Å². The van der Waals surface area contributed by atoms with Gasteiger partial charge in [-0.1, -0.05) is 29.4 Å². The molecule has 0 aliphatic carbocycles. The van der Waals surface area contributed by atoms with Gasteiger partial charge in [-0.2, -0.15) is 5.26 Å². The van der Waals surface area contributed by atoms with Crippen LogP contribution < -0.4 is 4.90 Å². The number of carbonyl (C=O) groups is 3. The maximum absolute atomic E-state index is 13.5. The highest BCUT2D eigenvalue weighted by molar-refractivity contribution is 6.25. The van der Waals surface area contributed by atoms with Gasteiger partial charge in [0.1, 0.15) is 23.6 Å². The molecule has 2 aromatic heterocycles. The van der Waals surface area contributed by atoms with E-state index in [4.69, 9.17) is 4.52 Å². The van der Waals surface area contributed by atoms with Crippen LogP contribution in [0, 0.1) is 18.3 Å². The number of anilines is 1. The normalized spacial score (nSPS) is 23.9. The lowest BCUT2D eigenvalue weighted by Gasteiger charge is -2.34. The zero-order chi connectivity index (χ0) is 22.1. The molecule has 0 saturated carbocycles. The summed E-state index contributed by atoms with van der Waals surface area (Å²) in [7, 11) is 0.